The number of rotatable bonds is 6. The van der Waals surface area contributed by atoms with E-state index in [1.807, 2.05) is 49.6 Å². The van der Waals surface area contributed by atoms with Crippen LogP contribution >= 0.6 is 11.3 Å². The summed E-state index contributed by atoms with van der Waals surface area (Å²) in [5.41, 5.74) is 3.81. The zero-order chi connectivity index (χ0) is 17.6. The van der Waals surface area contributed by atoms with Crippen LogP contribution in [0.5, 0.6) is 5.75 Å². The Labute approximate surface area is 150 Å². The van der Waals surface area contributed by atoms with Crippen molar-refractivity contribution in [2.24, 2.45) is 0 Å². The predicted octanol–water partition coefficient (Wildman–Crippen LogP) is 3.92. The first-order chi connectivity index (χ1) is 12.1. The molecule has 3 aromatic rings. The first kappa shape index (κ1) is 17.1. The lowest BCUT2D eigenvalue weighted by atomic mass is 10.1. The molecule has 6 heteroatoms. The highest BCUT2D eigenvalue weighted by Crippen LogP contribution is 2.18. The lowest BCUT2D eigenvalue weighted by Gasteiger charge is -2.08. The van der Waals surface area contributed by atoms with Crippen molar-refractivity contribution < 1.29 is 9.53 Å². The van der Waals surface area contributed by atoms with E-state index < -0.39 is 0 Å². The van der Waals surface area contributed by atoms with Crippen LogP contribution in [0.15, 0.2) is 48.1 Å². The van der Waals surface area contributed by atoms with Gasteiger partial charge in [-0.1, -0.05) is 17.7 Å². The topological polar surface area (TPSA) is 64.1 Å². The van der Waals surface area contributed by atoms with E-state index in [9.17, 15) is 4.79 Å². The molecule has 1 amide bonds. The Morgan fingerprint density at radius 1 is 1.28 bits per heavy atom. The van der Waals surface area contributed by atoms with Gasteiger partial charge in [-0.15, -0.1) is 11.3 Å². The molecule has 0 saturated carbocycles. The molecule has 2 heterocycles. The molecule has 1 N–H and O–H groups in total. The minimum Gasteiger partial charge on any atom is -0.485 e. The summed E-state index contributed by atoms with van der Waals surface area (Å²) in [5.74, 6) is 0.629. The van der Waals surface area contributed by atoms with Gasteiger partial charge in [-0.2, -0.15) is 0 Å². The molecule has 25 heavy (non-hydrogen) atoms. The molecule has 1 aromatic carbocycles. The summed E-state index contributed by atoms with van der Waals surface area (Å²) >= 11 is 1.49. The van der Waals surface area contributed by atoms with Crippen molar-refractivity contribution in [2.75, 3.05) is 5.32 Å². The number of anilines is 1. The Kier molecular flexibility index (Phi) is 5.40. The summed E-state index contributed by atoms with van der Waals surface area (Å²) in [5, 5.41) is 5.66. The van der Waals surface area contributed by atoms with Crippen molar-refractivity contribution in [1.82, 2.24) is 9.97 Å². The zero-order valence-corrected chi connectivity index (χ0v) is 15.0. The fraction of sp³-hybridized carbons (Fsp3) is 0.211. The van der Waals surface area contributed by atoms with Gasteiger partial charge in [-0.25, -0.2) is 4.98 Å². The van der Waals surface area contributed by atoms with Gasteiger partial charge in [0.25, 0.3) is 0 Å². The van der Waals surface area contributed by atoms with Gasteiger partial charge >= 0.3 is 0 Å². The van der Waals surface area contributed by atoms with Crippen molar-refractivity contribution in [3.05, 3.63) is 69.9 Å². The Morgan fingerprint density at radius 2 is 2.16 bits per heavy atom. The molecule has 0 bridgehead atoms. The van der Waals surface area contributed by atoms with Crippen molar-refractivity contribution >= 4 is 22.9 Å². The summed E-state index contributed by atoms with van der Waals surface area (Å²) < 4.78 is 5.62. The standard InChI is InChI=1S/C19H19N3O2S/c1-13-5-6-17(14(2)8-13)22-18(23)9-15-12-25-19(21-15)11-24-16-4-3-7-20-10-16/h3-8,10,12H,9,11H2,1-2H3,(H,22,23). The molecule has 0 saturated heterocycles. The van der Waals surface area contributed by atoms with Gasteiger partial charge in [0, 0.05) is 17.3 Å². The van der Waals surface area contributed by atoms with E-state index in [4.69, 9.17) is 4.74 Å². The van der Waals surface area contributed by atoms with Crippen LogP contribution in [0.1, 0.15) is 21.8 Å². The van der Waals surface area contributed by atoms with E-state index >= 15 is 0 Å². The number of amides is 1. The first-order valence-corrected chi connectivity index (χ1v) is 8.81. The van der Waals surface area contributed by atoms with Crippen LogP contribution in [0.4, 0.5) is 5.69 Å². The van der Waals surface area contributed by atoms with Crippen LogP contribution in [-0.4, -0.2) is 15.9 Å². The number of hydrogen-bond donors (Lipinski definition) is 1. The molecule has 0 unspecified atom stereocenters. The van der Waals surface area contributed by atoms with Gasteiger partial charge in [0.1, 0.15) is 17.4 Å². The maximum absolute atomic E-state index is 12.2. The zero-order valence-electron chi connectivity index (χ0n) is 14.2. The normalized spacial score (nSPS) is 10.5. The lowest BCUT2D eigenvalue weighted by Crippen LogP contribution is -2.15. The number of thiazole rings is 1. The number of benzene rings is 1. The van der Waals surface area contributed by atoms with E-state index in [1.165, 1.54) is 16.9 Å². The fourth-order valence-corrected chi connectivity index (χ4v) is 3.09. The van der Waals surface area contributed by atoms with Crippen LogP contribution in [0.25, 0.3) is 0 Å². The molecule has 0 aliphatic carbocycles. The van der Waals surface area contributed by atoms with E-state index in [0.717, 1.165) is 22.0 Å². The molecule has 2 aromatic heterocycles. The van der Waals surface area contributed by atoms with Crippen LogP contribution < -0.4 is 10.1 Å². The van der Waals surface area contributed by atoms with Gasteiger partial charge in [-0.3, -0.25) is 9.78 Å². The van der Waals surface area contributed by atoms with Gasteiger partial charge in [0.05, 0.1) is 18.3 Å². The van der Waals surface area contributed by atoms with Gasteiger partial charge < -0.3 is 10.1 Å². The number of nitrogens with zero attached hydrogens (tertiary/aromatic N) is 2. The summed E-state index contributed by atoms with van der Waals surface area (Å²) in [6.45, 7) is 4.39. The van der Waals surface area contributed by atoms with E-state index in [-0.39, 0.29) is 12.3 Å². The molecular weight excluding hydrogens is 334 g/mol. The molecule has 0 spiro atoms. The third kappa shape index (κ3) is 4.87. The van der Waals surface area contributed by atoms with E-state index in [1.54, 1.807) is 12.4 Å². The molecule has 5 nitrogen and oxygen atoms in total. The Hall–Kier alpha value is -2.73. The predicted molar refractivity (Wildman–Crippen MR) is 98.9 cm³/mol. The number of hydrogen-bond acceptors (Lipinski definition) is 5. The first-order valence-electron chi connectivity index (χ1n) is 7.93. The minimum absolute atomic E-state index is 0.0722. The minimum atomic E-state index is -0.0722. The molecule has 0 aliphatic heterocycles. The smallest absolute Gasteiger partial charge is 0.230 e. The van der Waals surface area contributed by atoms with E-state index in [2.05, 4.69) is 15.3 Å². The quantitative estimate of drug-likeness (QED) is 0.730. The molecule has 128 valence electrons. The summed E-state index contributed by atoms with van der Waals surface area (Å²) in [7, 11) is 0. The monoisotopic (exact) mass is 353 g/mol. The number of carbonyl (C=O) groups is 1. The third-order valence-electron chi connectivity index (χ3n) is 3.59. The molecule has 0 atom stereocenters. The number of aromatic nitrogens is 2. The SMILES string of the molecule is Cc1ccc(NC(=O)Cc2csc(COc3cccnc3)n2)c(C)c1. The largest absolute Gasteiger partial charge is 0.485 e. The average Bonchev–Trinajstić information content (AvgIpc) is 3.04. The van der Waals surface area contributed by atoms with Crippen molar-refractivity contribution in [3.8, 4) is 5.75 Å². The number of nitrogens with one attached hydrogen (secondary N) is 1. The van der Waals surface area contributed by atoms with Crippen molar-refractivity contribution in [1.29, 1.82) is 0 Å². The highest BCUT2D eigenvalue weighted by molar-refractivity contribution is 7.09. The van der Waals surface area contributed by atoms with Crippen LogP contribution in [0.2, 0.25) is 0 Å². The van der Waals surface area contributed by atoms with E-state index in [0.29, 0.717) is 12.4 Å². The second kappa shape index (κ2) is 7.90. The Balaban J connectivity index is 1.54. The Bertz CT molecular complexity index is 862. The maximum Gasteiger partial charge on any atom is 0.230 e. The molecule has 0 aliphatic rings. The highest BCUT2D eigenvalue weighted by atomic mass is 32.1. The van der Waals surface area contributed by atoms with Gasteiger partial charge in [0.15, 0.2) is 0 Å². The summed E-state index contributed by atoms with van der Waals surface area (Å²) in [6.07, 6.45) is 3.60. The summed E-state index contributed by atoms with van der Waals surface area (Å²) in [4.78, 5) is 20.7. The summed E-state index contributed by atoms with van der Waals surface area (Å²) in [6, 6.07) is 9.63. The second-order valence-electron chi connectivity index (χ2n) is 5.75. The number of carbonyl (C=O) groups excluding carboxylic acids is 1. The molecule has 3 rings (SSSR count). The fourth-order valence-electron chi connectivity index (χ4n) is 2.39. The highest BCUT2D eigenvalue weighted by Gasteiger charge is 2.10. The number of ether oxygens (including phenoxy) is 1. The maximum atomic E-state index is 12.2. The van der Waals surface area contributed by atoms with Crippen LogP contribution in [-0.2, 0) is 17.8 Å². The number of pyridine rings is 1. The van der Waals surface area contributed by atoms with Crippen LogP contribution in [0.3, 0.4) is 0 Å². The van der Waals surface area contributed by atoms with Gasteiger partial charge in [0.2, 0.25) is 5.91 Å². The lowest BCUT2D eigenvalue weighted by molar-refractivity contribution is -0.115. The van der Waals surface area contributed by atoms with Crippen LogP contribution in [0, 0.1) is 13.8 Å². The second-order valence-corrected chi connectivity index (χ2v) is 6.70. The van der Waals surface area contributed by atoms with Crippen molar-refractivity contribution in [3.63, 3.8) is 0 Å². The van der Waals surface area contributed by atoms with Gasteiger partial charge in [-0.05, 0) is 37.6 Å². The van der Waals surface area contributed by atoms with Crippen molar-refractivity contribution in [2.45, 2.75) is 26.9 Å². The molecule has 0 radical (unpaired) electrons. The molecule has 0 fully saturated rings. The number of aryl methyl sites for hydroxylation is 2. The molecular formula is C19H19N3O2S. The third-order valence-corrected chi connectivity index (χ3v) is 4.46. The average molecular weight is 353 g/mol. The Morgan fingerprint density at radius 3 is 2.92 bits per heavy atom.